The van der Waals surface area contributed by atoms with Crippen molar-refractivity contribution in [3.05, 3.63) is 42.3 Å². The molecule has 0 amide bonds. The summed E-state index contributed by atoms with van der Waals surface area (Å²) in [5.41, 5.74) is 2.90. The topological polar surface area (TPSA) is 0 Å². The Balaban J connectivity index is 2.14. The molecule has 87 valence electrons. The molecule has 1 aliphatic rings. The number of rotatable bonds is 3. The zero-order valence-electron chi connectivity index (χ0n) is 10.4. The zero-order chi connectivity index (χ0) is 11.4. The van der Waals surface area contributed by atoms with Crippen LogP contribution in [0.25, 0.3) is 0 Å². The van der Waals surface area contributed by atoms with Crippen LogP contribution in [0.5, 0.6) is 0 Å². The molecule has 0 aromatic heterocycles. The van der Waals surface area contributed by atoms with E-state index < -0.39 is 0 Å². The van der Waals surface area contributed by atoms with Crippen LogP contribution in [0.15, 0.2) is 24.3 Å². The smallest absolute Gasteiger partial charge is 0.0134 e. The van der Waals surface area contributed by atoms with E-state index in [1.54, 1.807) is 0 Å². The van der Waals surface area contributed by atoms with Gasteiger partial charge in [-0.25, -0.2) is 0 Å². The molecule has 0 N–H and O–H groups in total. The molecule has 1 fully saturated rings. The van der Waals surface area contributed by atoms with Gasteiger partial charge in [-0.15, -0.1) is 0 Å². The number of aryl methyl sites for hydroxylation is 1. The number of benzene rings is 1. The van der Waals surface area contributed by atoms with Crippen LogP contribution in [0.4, 0.5) is 0 Å². The van der Waals surface area contributed by atoms with Gasteiger partial charge in [-0.3, -0.25) is 0 Å². The van der Waals surface area contributed by atoms with Crippen LogP contribution in [0, 0.1) is 19.8 Å². The van der Waals surface area contributed by atoms with Gasteiger partial charge in [0.1, 0.15) is 0 Å². The molecule has 1 aromatic rings. The maximum atomic E-state index is 4.17. The van der Waals surface area contributed by atoms with E-state index in [9.17, 15) is 0 Å². The van der Waals surface area contributed by atoms with E-state index >= 15 is 0 Å². The Labute approximate surface area is 100 Å². The van der Waals surface area contributed by atoms with Crippen molar-refractivity contribution in [2.45, 2.75) is 51.4 Å². The van der Waals surface area contributed by atoms with Crippen LogP contribution >= 0.6 is 0 Å². The summed E-state index contributed by atoms with van der Waals surface area (Å²) in [6.45, 7) is 6.35. The molecule has 0 heterocycles. The summed E-state index contributed by atoms with van der Waals surface area (Å²) in [6.07, 6.45) is 8.16. The Morgan fingerprint density at radius 3 is 2.62 bits per heavy atom. The second kappa shape index (κ2) is 5.52. The fourth-order valence-corrected chi connectivity index (χ4v) is 3.11. The maximum absolute atomic E-state index is 4.17. The lowest BCUT2D eigenvalue weighted by molar-refractivity contribution is 0.304. The minimum absolute atomic E-state index is 0.695. The van der Waals surface area contributed by atoms with Gasteiger partial charge in [0.2, 0.25) is 0 Å². The molecule has 1 atom stereocenters. The van der Waals surface area contributed by atoms with Gasteiger partial charge in [0, 0.05) is 0 Å². The van der Waals surface area contributed by atoms with Crippen LogP contribution in [-0.2, 0) is 0 Å². The summed E-state index contributed by atoms with van der Waals surface area (Å²) < 4.78 is 0. The highest BCUT2D eigenvalue weighted by molar-refractivity contribution is 5.26. The Kier molecular flexibility index (Phi) is 4.04. The number of hydrogen-bond acceptors (Lipinski definition) is 0. The molecule has 1 aromatic carbocycles. The molecule has 1 radical (unpaired) electrons. The first kappa shape index (κ1) is 11.7. The second-order valence-electron chi connectivity index (χ2n) is 5.21. The van der Waals surface area contributed by atoms with Crippen molar-refractivity contribution in [2.75, 3.05) is 0 Å². The fourth-order valence-electron chi connectivity index (χ4n) is 3.11. The van der Waals surface area contributed by atoms with E-state index in [-0.39, 0.29) is 0 Å². The standard InChI is InChI=1S/C16H23/c1-3-16(14-9-5-4-6-10-14)15-11-7-8-13(2)12-15/h7-8,11-12,14,16H,1,3-6,9-10H2,2H3. The monoisotopic (exact) mass is 215 g/mol. The van der Waals surface area contributed by atoms with Gasteiger partial charge >= 0.3 is 0 Å². The van der Waals surface area contributed by atoms with Gasteiger partial charge < -0.3 is 0 Å². The Morgan fingerprint density at radius 2 is 2.00 bits per heavy atom. The van der Waals surface area contributed by atoms with Crippen LogP contribution < -0.4 is 0 Å². The van der Waals surface area contributed by atoms with Crippen molar-refractivity contribution in [1.82, 2.24) is 0 Å². The molecule has 16 heavy (non-hydrogen) atoms. The molecule has 0 saturated heterocycles. The fraction of sp³-hybridized carbons (Fsp3) is 0.562. The average Bonchev–Trinajstić information content (AvgIpc) is 2.31. The first-order valence-electron chi connectivity index (χ1n) is 6.67. The SMILES string of the molecule is [CH2]CC(c1cccc(C)c1)C1CCCCC1. The number of hydrogen-bond donors (Lipinski definition) is 0. The summed E-state index contributed by atoms with van der Waals surface area (Å²) in [5, 5.41) is 0. The van der Waals surface area contributed by atoms with Crippen molar-refractivity contribution < 1.29 is 0 Å². The molecule has 2 rings (SSSR count). The van der Waals surface area contributed by atoms with Gasteiger partial charge in [-0.2, -0.15) is 0 Å². The van der Waals surface area contributed by atoms with Crippen molar-refractivity contribution in [1.29, 1.82) is 0 Å². The molecule has 1 unspecified atom stereocenters. The molecule has 0 spiro atoms. The van der Waals surface area contributed by atoms with Gasteiger partial charge in [-0.1, -0.05) is 56.0 Å². The third-order valence-electron chi connectivity index (χ3n) is 4.00. The third kappa shape index (κ3) is 2.66. The highest BCUT2D eigenvalue weighted by atomic mass is 14.3. The van der Waals surface area contributed by atoms with E-state index in [1.165, 1.54) is 43.2 Å². The highest BCUT2D eigenvalue weighted by Gasteiger charge is 2.23. The Hall–Kier alpha value is -0.780. The largest absolute Gasteiger partial charge is 0.0617 e. The molecular formula is C16H23. The van der Waals surface area contributed by atoms with Gasteiger partial charge in [-0.05, 0) is 43.6 Å². The van der Waals surface area contributed by atoms with Gasteiger partial charge in [0.15, 0.2) is 0 Å². The third-order valence-corrected chi connectivity index (χ3v) is 4.00. The van der Waals surface area contributed by atoms with E-state index in [2.05, 4.69) is 38.1 Å². The van der Waals surface area contributed by atoms with Gasteiger partial charge in [0.25, 0.3) is 0 Å². The minimum atomic E-state index is 0.695. The van der Waals surface area contributed by atoms with E-state index in [0.717, 1.165) is 12.3 Å². The second-order valence-corrected chi connectivity index (χ2v) is 5.21. The Bertz CT molecular complexity index is 321. The molecule has 1 aliphatic carbocycles. The van der Waals surface area contributed by atoms with Crippen LogP contribution in [-0.4, -0.2) is 0 Å². The molecule has 1 saturated carbocycles. The van der Waals surface area contributed by atoms with E-state index in [4.69, 9.17) is 0 Å². The quantitative estimate of drug-likeness (QED) is 0.674. The van der Waals surface area contributed by atoms with Crippen molar-refractivity contribution >= 4 is 0 Å². The van der Waals surface area contributed by atoms with Crippen molar-refractivity contribution in [3.8, 4) is 0 Å². The Morgan fingerprint density at radius 1 is 1.25 bits per heavy atom. The molecule has 0 nitrogen and oxygen atoms in total. The normalized spacial score (nSPS) is 19.6. The maximum Gasteiger partial charge on any atom is -0.0134 e. The average molecular weight is 215 g/mol. The molecule has 0 heteroatoms. The summed E-state index contributed by atoms with van der Waals surface area (Å²) in [6, 6.07) is 9.02. The van der Waals surface area contributed by atoms with E-state index in [0.29, 0.717) is 5.92 Å². The molecular weight excluding hydrogens is 192 g/mol. The van der Waals surface area contributed by atoms with Gasteiger partial charge in [0.05, 0.1) is 0 Å². The first-order valence-corrected chi connectivity index (χ1v) is 6.67. The summed E-state index contributed by atoms with van der Waals surface area (Å²) in [5.74, 6) is 1.58. The highest BCUT2D eigenvalue weighted by Crippen LogP contribution is 2.37. The van der Waals surface area contributed by atoms with Crippen LogP contribution in [0.3, 0.4) is 0 Å². The predicted octanol–water partition coefficient (Wildman–Crippen LogP) is 4.88. The predicted molar refractivity (Wildman–Crippen MR) is 70.5 cm³/mol. The lowest BCUT2D eigenvalue weighted by atomic mass is 9.75. The lowest BCUT2D eigenvalue weighted by Gasteiger charge is -2.30. The lowest BCUT2D eigenvalue weighted by Crippen LogP contribution is -2.16. The summed E-state index contributed by atoms with van der Waals surface area (Å²) >= 11 is 0. The van der Waals surface area contributed by atoms with Crippen molar-refractivity contribution in [3.63, 3.8) is 0 Å². The van der Waals surface area contributed by atoms with Crippen molar-refractivity contribution in [2.24, 2.45) is 5.92 Å². The zero-order valence-corrected chi connectivity index (χ0v) is 10.4. The molecule has 0 aliphatic heterocycles. The van der Waals surface area contributed by atoms with Crippen LogP contribution in [0.2, 0.25) is 0 Å². The first-order chi connectivity index (χ1) is 7.81. The summed E-state index contributed by atoms with van der Waals surface area (Å²) in [4.78, 5) is 0. The summed E-state index contributed by atoms with van der Waals surface area (Å²) in [7, 11) is 0. The van der Waals surface area contributed by atoms with E-state index in [1.807, 2.05) is 0 Å². The van der Waals surface area contributed by atoms with Crippen LogP contribution in [0.1, 0.15) is 55.6 Å². The molecule has 0 bridgehead atoms. The minimum Gasteiger partial charge on any atom is -0.0617 e.